The van der Waals surface area contributed by atoms with Gasteiger partial charge in [-0.05, 0) is 42.3 Å². The highest BCUT2D eigenvalue weighted by atomic mass is 35.5. The molecule has 7 heteroatoms. The summed E-state index contributed by atoms with van der Waals surface area (Å²) >= 11 is 13.9. The van der Waals surface area contributed by atoms with E-state index in [1.165, 1.54) is 11.3 Å². The van der Waals surface area contributed by atoms with Crippen LogP contribution in [0.1, 0.15) is 15.9 Å². The molecule has 0 bridgehead atoms. The first-order chi connectivity index (χ1) is 11.7. The number of hydrogen-bond acceptors (Lipinski definition) is 4. The summed E-state index contributed by atoms with van der Waals surface area (Å²) < 4.78 is 0. The van der Waals surface area contributed by atoms with Crippen LogP contribution in [0, 0.1) is 0 Å². The van der Waals surface area contributed by atoms with Gasteiger partial charge in [0.05, 0.1) is 22.7 Å². The van der Waals surface area contributed by atoms with E-state index in [1.54, 1.807) is 6.33 Å². The van der Waals surface area contributed by atoms with Crippen LogP contribution in [0.25, 0.3) is 21.6 Å². The van der Waals surface area contributed by atoms with Gasteiger partial charge in [0.25, 0.3) is 0 Å². The summed E-state index contributed by atoms with van der Waals surface area (Å²) in [6.45, 7) is 0. The highest BCUT2D eigenvalue weighted by molar-refractivity contribution is 7.15. The first kappa shape index (κ1) is 15.6. The van der Waals surface area contributed by atoms with Crippen molar-refractivity contribution >= 4 is 45.6 Å². The SMILES string of the molecule is Clc1ccc(CC(Cl)c2nnc(-c3ccc4nc[nH]c4c3)s2)cc1. The number of halogens is 2. The number of aromatic nitrogens is 4. The second-order valence-corrected chi connectivity index (χ2v) is 7.35. The summed E-state index contributed by atoms with van der Waals surface area (Å²) in [5.74, 6) is 0. The molecule has 4 rings (SSSR count). The predicted molar refractivity (Wildman–Crippen MR) is 98.7 cm³/mol. The van der Waals surface area contributed by atoms with Crippen LogP contribution in [-0.4, -0.2) is 20.2 Å². The van der Waals surface area contributed by atoms with Gasteiger partial charge >= 0.3 is 0 Å². The van der Waals surface area contributed by atoms with Crippen molar-refractivity contribution in [3.8, 4) is 10.6 Å². The van der Waals surface area contributed by atoms with E-state index < -0.39 is 0 Å². The molecule has 0 saturated carbocycles. The third kappa shape index (κ3) is 3.15. The Morgan fingerprint density at radius 3 is 2.75 bits per heavy atom. The van der Waals surface area contributed by atoms with E-state index in [0.717, 1.165) is 37.2 Å². The number of imidazole rings is 1. The van der Waals surface area contributed by atoms with E-state index in [4.69, 9.17) is 23.2 Å². The summed E-state index contributed by atoms with van der Waals surface area (Å²) in [5.41, 5.74) is 4.04. The summed E-state index contributed by atoms with van der Waals surface area (Å²) in [6.07, 6.45) is 2.37. The monoisotopic (exact) mass is 374 g/mol. The van der Waals surface area contributed by atoms with Crippen molar-refractivity contribution in [2.45, 2.75) is 11.8 Å². The van der Waals surface area contributed by atoms with Crippen molar-refractivity contribution in [2.75, 3.05) is 0 Å². The van der Waals surface area contributed by atoms with Gasteiger partial charge in [-0.3, -0.25) is 0 Å². The van der Waals surface area contributed by atoms with Gasteiger partial charge in [-0.15, -0.1) is 21.8 Å². The van der Waals surface area contributed by atoms with Gasteiger partial charge < -0.3 is 4.98 Å². The zero-order valence-electron chi connectivity index (χ0n) is 12.4. The number of H-pyrrole nitrogens is 1. The zero-order valence-corrected chi connectivity index (χ0v) is 14.7. The second-order valence-electron chi connectivity index (χ2n) is 5.38. The molecule has 4 nitrogen and oxygen atoms in total. The molecule has 1 unspecified atom stereocenters. The Morgan fingerprint density at radius 2 is 1.92 bits per heavy atom. The average molecular weight is 375 g/mol. The van der Waals surface area contributed by atoms with Crippen LogP contribution >= 0.6 is 34.5 Å². The molecule has 0 saturated heterocycles. The number of benzene rings is 2. The molecular weight excluding hydrogens is 363 g/mol. The highest BCUT2D eigenvalue weighted by Crippen LogP contribution is 2.32. The minimum absolute atomic E-state index is 0.215. The number of alkyl halides is 1. The number of hydrogen-bond donors (Lipinski definition) is 1. The quantitative estimate of drug-likeness (QED) is 0.495. The van der Waals surface area contributed by atoms with Crippen LogP contribution in [-0.2, 0) is 6.42 Å². The summed E-state index contributed by atoms with van der Waals surface area (Å²) in [5, 5.41) is 10.7. The molecule has 120 valence electrons. The van der Waals surface area contributed by atoms with Crippen LogP contribution in [0.3, 0.4) is 0 Å². The lowest BCUT2D eigenvalue weighted by atomic mass is 10.1. The molecule has 0 fully saturated rings. The Morgan fingerprint density at radius 1 is 1.08 bits per heavy atom. The van der Waals surface area contributed by atoms with Gasteiger partial charge in [0.15, 0.2) is 0 Å². The van der Waals surface area contributed by atoms with Crippen LogP contribution in [0.2, 0.25) is 5.02 Å². The van der Waals surface area contributed by atoms with Crippen LogP contribution in [0.15, 0.2) is 48.8 Å². The lowest BCUT2D eigenvalue weighted by Crippen LogP contribution is -1.95. The number of aromatic amines is 1. The third-order valence-corrected chi connectivity index (χ3v) is 5.53. The standard InChI is InChI=1S/C17H12Cl2N4S/c18-12-4-1-10(2-5-12)7-13(19)17-23-22-16(24-17)11-3-6-14-15(8-11)21-9-20-14/h1-6,8-9,13H,7H2,(H,20,21). The minimum Gasteiger partial charge on any atom is -0.345 e. The molecule has 1 atom stereocenters. The molecule has 0 radical (unpaired) electrons. The van der Waals surface area contributed by atoms with Gasteiger partial charge in [-0.1, -0.05) is 35.1 Å². The van der Waals surface area contributed by atoms with Gasteiger partial charge in [-0.25, -0.2) is 4.98 Å². The summed E-state index contributed by atoms with van der Waals surface area (Å²) in [4.78, 5) is 7.33. The van der Waals surface area contributed by atoms with Crippen molar-refractivity contribution in [1.29, 1.82) is 0 Å². The summed E-state index contributed by atoms with van der Waals surface area (Å²) in [7, 11) is 0. The van der Waals surface area contributed by atoms with Crippen molar-refractivity contribution in [3.63, 3.8) is 0 Å². The first-order valence-corrected chi connectivity index (χ1v) is 8.97. The number of fused-ring (bicyclic) bond motifs is 1. The molecule has 2 aromatic carbocycles. The zero-order chi connectivity index (χ0) is 16.5. The third-order valence-electron chi connectivity index (χ3n) is 3.70. The maximum Gasteiger partial charge on any atom is 0.147 e. The van der Waals surface area contributed by atoms with E-state index >= 15 is 0 Å². The minimum atomic E-state index is -0.215. The Bertz CT molecular complexity index is 978. The number of nitrogens with zero attached hydrogens (tertiary/aromatic N) is 3. The maximum atomic E-state index is 6.52. The van der Waals surface area contributed by atoms with E-state index in [-0.39, 0.29) is 5.38 Å². The van der Waals surface area contributed by atoms with Crippen molar-refractivity contribution in [1.82, 2.24) is 20.2 Å². The van der Waals surface area contributed by atoms with Crippen LogP contribution < -0.4 is 0 Å². The fraction of sp³-hybridized carbons (Fsp3) is 0.118. The molecule has 24 heavy (non-hydrogen) atoms. The Labute approximate surface area is 152 Å². The molecular formula is C17H12Cl2N4S. The Balaban J connectivity index is 1.56. The Kier molecular flexibility index (Phi) is 4.22. The van der Waals surface area contributed by atoms with Crippen molar-refractivity contribution in [2.24, 2.45) is 0 Å². The lowest BCUT2D eigenvalue weighted by molar-refractivity contribution is 0.874. The molecule has 0 aliphatic rings. The molecule has 0 aliphatic heterocycles. The fourth-order valence-electron chi connectivity index (χ4n) is 2.46. The van der Waals surface area contributed by atoms with Crippen molar-refractivity contribution in [3.05, 3.63) is 64.4 Å². The molecule has 4 aromatic rings. The van der Waals surface area contributed by atoms with Crippen LogP contribution in [0.5, 0.6) is 0 Å². The Hall–Kier alpha value is -1.95. The van der Waals surface area contributed by atoms with Gasteiger partial charge in [0, 0.05) is 10.6 Å². The van der Waals surface area contributed by atoms with E-state index in [9.17, 15) is 0 Å². The molecule has 0 aliphatic carbocycles. The van der Waals surface area contributed by atoms with Gasteiger partial charge in [-0.2, -0.15) is 0 Å². The van der Waals surface area contributed by atoms with Gasteiger partial charge in [0.1, 0.15) is 10.0 Å². The highest BCUT2D eigenvalue weighted by Gasteiger charge is 2.16. The molecule has 1 N–H and O–H groups in total. The lowest BCUT2D eigenvalue weighted by Gasteiger charge is -2.05. The van der Waals surface area contributed by atoms with Gasteiger partial charge in [0.2, 0.25) is 0 Å². The predicted octanol–water partition coefficient (Wildman–Crippen LogP) is 5.26. The second kappa shape index (κ2) is 6.51. The van der Waals surface area contributed by atoms with Crippen LogP contribution in [0.4, 0.5) is 0 Å². The topological polar surface area (TPSA) is 54.5 Å². The number of rotatable bonds is 4. The smallest absolute Gasteiger partial charge is 0.147 e. The van der Waals surface area contributed by atoms with E-state index in [2.05, 4.69) is 20.2 Å². The van der Waals surface area contributed by atoms with Crippen molar-refractivity contribution < 1.29 is 0 Å². The molecule has 0 amide bonds. The maximum absolute atomic E-state index is 6.52. The first-order valence-electron chi connectivity index (χ1n) is 7.34. The summed E-state index contributed by atoms with van der Waals surface area (Å²) in [6, 6.07) is 13.7. The molecule has 0 spiro atoms. The average Bonchev–Trinajstić information content (AvgIpc) is 3.25. The van der Waals surface area contributed by atoms with E-state index in [0.29, 0.717) is 6.42 Å². The van der Waals surface area contributed by atoms with E-state index in [1.807, 2.05) is 42.5 Å². The normalized spacial score (nSPS) is 12.6. The fourth-order valence-corrected chi connectivity index (χ4v) is 3.76. The largest absolute Gasteiger partial charge is 0.345 e. The molecule has 2 heterocycles. The molecule has 2 aromatic heterocycles. The number of nitrogens with one attached hydrogen (secondary N) is 1.